The van der Waals surface area contributed by atoms with Crippen LogP contribution in [0.2, 0.25) is 0 Å². The fraction of sp³-hybridized carbons (Fsp3) is 0.312. The molecule has 0 bridgehead atoms. The van der Waals surface area contributed by atoms with Crippen molar-refractivity contribution in [3.8, 4) is 17.2 Å². The number of carbonyl (C=O) groups is 3. The maximum atomic E-state index is 13.8. The Bertz CT molecular complexity index is 1730. The average molecular weight is 632 g/mol. The van der Waals surface area contributed by atoms with E-state index in [9.17, 15) is 19.5 Å². The third-order valence-electron chi connectivity index (χ3n) is 7.85. The molecule has 4 aromatic rings. The number of urea groups is 1. The summed E-state index contributed by atoms with van der Waals surface area (Å²) in [6, 6.07) is 16.7. The number of ether oxygens (including phenoxy) is 3. The molecular formula is C32H33N5O7S. The Morgan fingerprint density at radius 1 is 1.11 bits per heavy atom. The van der Waals surface area contributed by atoms with Gasteiger partial charge in [0.25, 0.3) is 11.8 Å². The van der Waals surface area contributed by atoms with Gasteiger partial charge in [-0.1, -0.05) is 25.1 Å². The predicted molar refractivity (Wildman–Crippen MR) is 169 cm³/mol. The van der Waals surface area contributed by atoms with Crippen LogP contribution in [-0.4, -0.2) is 83.4 Å². The molecular weight excluding hydrogens is 598 g/mol. The van der Waals surface area contributed by atoms with Gasteiger partial charge in [0.15, 0.2) is 22.3 Å². The van der Waals surface area contributed by atoms with Crippen LogP contribution in [0.4, 0.5) is 16.2 Å². The number of fused-ring (bicyclic) bond motifs is 3. The molecule has 3 N–H and O–H groups in total. The maximum absolute atomic E-state index is 13.8. The molecule has 3 aromatic carbocycles. The van der Waals surface area contributed by atoms with Crippen LogP contribution in [0, 0.1) is 5.92 Å². The molecule has 13 heteroatoms. The topological polar surface area (TPSA) is 143 Å². The van der Waals surface area contributed by atoms with Gasteiger partial charge in [-0.05, 0) is 43.3 Å². The van der Waals surface area contributed by atoms with E-state index in [1.54, 1.807) is 55.3 Å². The number of likely N-dealkylation sites (N-methyl/N-ethyl adjacent to an activating group) is 1. The Morgan fingerprint density at radius 2 is 1.91 bits per heavy atom. The number of thiazole rings is 1. The van der Waals surface area contributed by atoms with Crippen molar-refractivity contribution in [1.29, 1.82) is 0 Å². The van der Waals surface area contributed by atoms with E-state index in [-0.39, 0.29) is 60.7 Å². The third-order valence-corrected chi connectivity index (χ3v) is 8.89. The lowest BCUT2D eigenvalue weighted by Gasteiger charge is -2.38. The van der Waals surface area contributed by atoms with Crippen LogP contribution in [0.1, 0.15) is 34.0 Å². The number of aliphatic hydroxyl groups excluding tert-OH is 1. The molecule has 6 rings (SSSR count). The number of hydrogen-bond donors (Lipinski definition) is 3. The average Bonchev–Trinajstić information content (AvgIpc) is 3.69. The number of benzene rings is 3. The van der Waals surface area contributed by atoms with Gasteiger partial charge in [0.1, 0.15) is 6.10 Å². The maximum Gasteiger partial charge on any atom is 0.321 e. The number of anilines is 2. The van der Waals surface area contributed by atoms with E-state index in [1.165, 1.54) is 16.2 Å². The summed E-state index contributed by atoms with van der Waals surface area (Å²) in [4.78, 5) is 47.9. The van der Waals surface area contributed by atoms with Crippen molar-refractivity contribution in [2.75, 3.05) is 44.2 Å². The quantitative estimate of drug-likeness (QED) is 0.267. The molecule has 0 spiro atoms. The summed E-state index contributed by atoms with van der Waals surface area (Å²) in [7, 11) is 1.65. The van der Waals surface area contributed by atoms with Gasteiger partial charge in [0.2, 0.25) is 6.79 Å². The summed E-state index contributed by atoms with van der Waals surface area (Å²) >= 11 is 1.26. The molecule has 2 aliphatic heterocycles. The van der Waals surface area contributed by atoms with E-state index in [0.717, 1.165) is 4.70 Å². The molecule has 0 saturated carbocycles. The number of amides is 4. The molecule has 0 fully saturated rings. The van der Waals surface area contributed by atoms with Crippen molar-refractivity contribution in [3.05, 3.63) is 71.2 Å². The highest BCUT2D eigenvalue weighted by Gasteiger charge is 2.35. The lowest BCUT2D eigenvalue weighted by Crippen LogP contribution is -2.50. The lowest BCUT2D eigenvalue weighted by molar-refractivity contribution is 0.0372. The molecule has 2 aliphatic rings. The number of hydrogen-bond acceptors (Lipinski definition) is 9. The second-order valence-corrected chi connectivity index (χ2v) is 12.2. The van der Waals surface area contributed by atoms with Crippen LogP contribution in [-0.2, 0) is 0 Å². The van der Waals surface area contributed by atoms with E-state index in [2.05, 4.69) is 15.6 Å². The number of carbonyl (C=O) groups excluding carboxylic acids is 3. The number of aromatic nitrogens is 1. The van der Waals surface area contributed by atoms with E-state index < -0.39 is 18.1 Å². The van der Waals surface area contributed by atoms with Crippen LogP contribution >= 0.6 is 11.3 Å². The zero-order valence-electron chi connectivity index (χ0n) is 25.0. The van der Waals surface area contributed by atoms with Gasteiger partial charge in [-0.3, -0.25) is 9.59 Å². The largest absolute Gasteiger partial charge is 0.485 e. The first-order valence-corrected chi connectivity index (χ1v) is 15.3. The molecule has 3 heterocycles. The molecule has 0 saturated heterocycles. The number of para-hydroxylation sites is 2. The Kier molecular flexibility index (Phi) is 8.46. The molecule has 4 amide bonds. The van der Waals surface area contributed by atoms with E-state index >= 15 is 0 Å². The van der Waals surface area contributed by atoms with Crippen molar-refractivity contribution in [1.82, 2.24) is 14.8 Å². The summed E-state index contributed by atoms with van der Waals surface area (Å²) in [6.07, 6.45) is -0.585. The van der Waals surface area contributed by atoms with Crippen molar-refractivity contribution >= 4 is 50.8 Å². The van der Waals surface area contributed by atoms with Gasteiger partial charge >= 0.3 is 6.03 Å². The number of nitrogens with zero attached hydrogens (tertiary/aromatic N) is 3. The van der Waals surface area contributed by atoms with E-state index in [1.807, 2.05) is 31.2 Å². The van der Waals surface area contributed by atoms with Crippen LogP contribution in [0.5, 0.6) is 17.2 Å². The zero-order chi connectivity index (χ0) is 31.7. The van der Waals surface area contributed by atoms with Gasteiger partial charge < -0.3 is 39.8 Å². The second kappa shape index (κ2) is 12.6. The number of nitrogens with one attached hydrogen (secondary N) is 2. The fourth-order valence-corrected chi connectivity index (χ4v) is 6.11. The van der Waals surface area contributed by atoms with Crippen molar-refractivity contribution in [2.24, 2.45) is 5.92 Å². The van der Waals surface area contributed by atoms with Crippen LogP contribution in [0.15, 0.2) is 60.7 Å². The minimum atomic E-state index is -0.585. The third kappa shape index (κ3) is 6.22. The molecule has 45 heavy (non-hydrogen) atoms. The standard InChI is InChI=1S/C32H33N5O7S/c1-18-14-37(19(2)16-38)31(40)21-7-6-9-23(34-29(39)30-35-22-8-4-5-10-27(22)45-30)28(21)44-26(18)15-36(3)32(41)33-20-11-12-24-25(13-20)43-17-42-24/h4-13,18-19,26,38H,14-17H2,1-3H3,(H,33,41)(H,34,39)/t18-,19-,26+/m1/s1. The van der Waals surface area contributed by atoms with Crippen molar-refractivity contribution in [2.45, 2.75) is 26.0 Å². The Balaban J connectivity index is 1.27. The summed E-state index contributed by atoms with van der Waals surface area (Å²) in [5.74, 6) is 0.319. The minimum Gasteiger partial charge on any atom is -0.485 e. The summed E-state index contributed by atoms with van der Waals surface area (Å²) in [6.45, 7) is 4.03. The summed E-state index contributed by atoms with van der Waals surface area (Å²) < 4.78 is 18.2. The monoisotopic (exact) mass is 631 g/mol. The number of rotatable bonds is 7. The SMILES string of the molecule is C[C@@H]1CN([C@H](C)CO)C(=O)c2cccc(NC(=O)c3nc4ccccc4s3)c2O[C@H]1CN(C)C(=O)Nc1ccc2c(c1)OCO2. The first-order chi connectivity index (χ1) is 21.7. The predicted octanol–water partition coefficient (Wildman–Crippen LogP) is 4.66. The van der Waals surface area contributed by atoms with Crippen LogP contribution in [0.3, 0.4) is 0 Å². The molecule has 234 valence electrons. The lowest BCUT2D eigenvalue weighted by atomic mass is 9.99. The van der Waals surface area contributed by atoms with E-state index in [0.29, 0.717) is 28.4 Å². The van der Waals surface area contributed by atoms with Gasteiger partial charge in [-0.15, -0.1) is 11.3 Å². The molecule has 3 atom stereocenters. The zero-order valence-corrected chi connectivity index (χ0v) is 25.8. The van der Waals surface area contributed by atoms with Crippen LogP contribution in [0.25, 0.3) is 10.2 Å². The summed E-state index contributed by atoms with van der Waals surface area (Å²) in [5, 5.41) is 16.0. The highest BCUT2D eigenvalue weighted by molar-refractivity contribution is 7.20. The van der Waals surface area contributed by atoms with Crippen molar-refractivity contribution < 1.29 is 33.7 Å². The fourth-order valence-electron chi connectivity index (χ4n) is 5.25. The first-order valence-electron chi connectivity index (χ1n) is 14.5. The Labute approximate surface area is 263 Å². The highest BCUT2D eigenvalue weighted by Crippen LogP contribution is 2.36. The molecule has 12 nitrogen and oxygen atoms in total. The van der Waals surface area contributed by atoms with Gasteiger partial charge in [0.05, 0.1) is 40.7 Å². The molecule has 0 radical (unpaired) electrons. The molecule has 0 unspecified atom stereocenters. The van der Waals surface area contributed by atoms with Gasteiger partial charge in [-0.2, -0.15) is 0 Å². The van der Waals surface area contributed by atoms with Crippen LogP contribution < -0.4 is 24.8 Å². The molecule has 0 aliphatic carbocycles. The van der Waals surface area contributed by atoms with E-state index in [4.69, 9.17) is 14.2 Å². The Morgan fingerprint density at radius 3 is 2.71 bits per heavy atom. The Hall–Kier alpha value is -4.88. The second-order valence-electron chi connectivity index (χ2n) is 11.1. The number of aliphatic hydroxyl groups is 1. The van der Waals surface area contributed by atoms with Crippen molar-refractivity contribution in [3.63, 3.8) is 0 Å². The van der Waals surface area contributed by atoms with Gasteiger partial charge in [-0.25, -0.2) is 9.78 Å². The smallest absolute Gasteiger partial charge is 0.321 e. The highest BCUT2D eigenvalue weighted by atomic mass is 32.1. The minimum absolute atomic E-state index is 0.127. The molecule has 1 aromatic heterocycles. The summed E-state index contributed by atoms with van der Waals surface area (Å²) in [5.41, 5.74) is 1.79. The van der Waals surface area contributed by atoms with Gasteiger partial charge in [0, 0.05) is 31.3 Å². The normalized spacial score (nSPS) is 18.0. The first kappa shape index (κ1) is 30.2.